The molecule has 0 bridgehead atoms. The minimum absolute atomic E-state index is 0.141. The van der Waals surface area contributed by atoms with Crippen LogP contribution in [0.4, 0.5) is 5.82 Å². The summed E-state index contributed by atoms with van der Waals surface area (Å²) in [5.41, 5.74) is 6.93. The first-order valence-electron chi connectivity index (χ1n) is 11.9. The summed E-state index contributed by atoms with van der Waals surface area (Å²) in [5, 5.41) is 4.81. The third-order valence-electron chi connectivity index (χ3n) is 7.33. The summed E-state index contributed by atoms with van der Waals surface area (Å²) in [6.07, 6.45) is 3.34. The maximum absolute atomic E-state index is 12.2. The van der Waals surface area contributed by atoms with E-state index in [4.69, 9.17) is 15.1 Å². The van der Waals surface area contributed by atoms with E-state index in [1.165, 1.54) is 16.8 Å². The third-order valence-corrected chi connectivity index (χ3v) is 7.33. The summed E-state index contributed by atoms with van der Waals surface area (Å²) < 4.78 is 1.99. The maximum atomic E-state index is 12.2. The van der Waals surface area contributed by atoms with Gasteiger partial charge in [0.25, 0.3) is 0 Å². The van der Waals surface area contributed by atoms with Crippen molar-refractivity contribution in [2.75, 3.05) is 25.0 Å². The fourth-order valence-corrected chi connectivity index (χ4v) is 5.11. The second kappa shape index (κ2) is 8.71. The van der Waals surface area contributed by atoms with Gasteiger partial charge in [0.15, 0.2) is 0 Å². The smallest absolute Gasteiger partial charge is 0.228 e. The molecule has 1 amide bonds. The summed E-state index contributed by atoms with van der Waals surface area (Å²) in [5.74, 6) is 2.19. The first kappa shape index (κ1) is 21.8. The summed E-state index contributed by atoms with van der Waals surface area (Å²) >= 11 is 0. The highest BCUT2D eigenvalue weighted by molar-refractivity contribution is 5.94. The molecule has 0 spiro atoms. The van der Waals surface area contributed by atoms with Crippen molar-refractivity contribution in [1.29, 1.82) is 0 Å². The van der Waals surface area contributed by atoms with Crippen molar-refractivity contribution in [2.45, 2.75) is 52.0 Å². The Hall–Kier alpha value is -3.06. The molecule has 0 saturated carbocycles. The van der Waals surface area contributed by atoms with Gasteiger partial charge < -0.3 is 0 Å². The Balaban J connectivity index is 1.31. The predicted octanol–water partition coefficient (Wildman–Crippen LogP) is 3.78. The molecule has 0 aliphatic carbocycles. The first-order valence-corrected chi connectivity index (χ1v) is 11.9. The zero-order chi connectivity index (χ0) is 23.1. The van der Waals surface area contributed by atoms with Crippen LogP contribution in [0.2, 0.25) is 0 Å². The molecule has 172 valence electrons. The van der Waals surface area contributed by atoms with E-state index >= 15 is 0 Å². The molecule has 2 aliphatic rings. The molecule has 1 saturated heterocycles. The van der Waals surface area contributed by atoms with Gasteiger partial charge in [-0.1, -0.05) is 30.3 Å². The van der Waals surface area contributed by atoms with Gasteiger partial charge in [-0.2, -0.15) is 5.10 Å². The zero-order valence-corrected chi connectivity index (χ0v) is 20.0. The number of aryl methyl sites for hydroxylation is 2. The normalized spacial score (nSPS) is 17.5. The topological polar surface area (TPSA) is 67.2 Å². The lowest BCUT2D eigenvalue weighted by atomic mass is 9.94. The van der Waals surface area contributed by atoms with Crippen molar-refractivity contribution >= 4 is 11.7 Å². The number of aromatic nitrogens is 4. The number of nitrogens with zero attached hydrogens (tertiary/aromatic N) is 6. The summed E-state index contributed by atoms with van der Waals surface area (Å²) in [7, 11) is 3.86. The van der Waals surface area contributed by atoms with Crippen LogP contribution in [-0.4, -0.2) is 50.7 Å². The number of carbonyl (C=O) groups excluding carboxylic acids is 1. The van der Waals surface area contributed by atoms with Crippen molar-refractivity contribution in [3.05, 3.63) is 58.7 Å². The molecular weight excluding hydrogens is 412 g/mol. The number of hydrogen-bond donors (Lipinski definition) is 0. The molecule has 0 radical (unpaired) electrons. The largest absolute Gasteiger partial charge is 0.300 e. The second-order valence-electron chi connectivity index (χ2n) is 9.37. The number of piperidine rings is 1. The molecule has 33 heavy (non-hydrogen) atoms. The number of carbonyl (C=O) groups is 1. The highest BCUT2D eigenvalue weighted by Gasteiger charge is 2.29. The van der Waals surface area contributed by atoms with E-state index in [-0.39, 0.29) is 5.91 Å². The van der Waals surface area contributed by atoms with Crippen molar-refractivity contribution in [3.8, 4) is 11.3 Å². The standard InChI is InChI=1S/C26H32N6O/c1-17-21-10-11-23(33)30(3)26(21)28-25(27-17)20-12-14-32(15-13-20)16-22-18(2)31(4)29-24(22)19-8-6-5-7-9-19/h5-9,20H,10-16H2,1-4H3. The Bertz CT molecular complexity index is 1180. The zero-order valence-electron chi connectivity index (χ0n) is 20.0. The van der Waals surface area contributed by atoms with Gasteiger partial charge >= 0.3 is 0 Å². The van der Waals surface area contributed by atoms with E-state index in [1.54, 1.807) is 4.90 Å². The van der Waals surface area contributed by atoms with Crippen LogP contribution in [0.15, 0.2) is 30.3 Å². The Morgan fingerprint density at radius 1 is 1.00 bits per heavy atom. The van der Waals surface area contributed by atoms with Crippen LogP contribution in [0.1, 0.15) is 53.5 Å². The molecule has 0 atom stereocenters. The molecule has 5 rings (SSSR count). The van der Waals surface area contributed by atoms with Gasteiger partial charge in [-0.3, -0.25) is 19.3 Å². The highest BCUT2D eigenvalue weighted by Crippen LogP contribution is 2.33. The monoisotopic (exact) mass is 444 g/mol. The molecule has 1 aromatic carbocycles. The second-order valence-corrected chi connectivity index (χ2v) is 9.37. The van der Waals surface area contributed by atoms with Gasteiger partial charge in [-0.05, 0) is 46.2 Å². The average Bonchev–Trinajstić information content (AvgIpc) is 3.11. The number of likely N-dealkylation sites (tertiary alicyclic amines) is 1. The Morgan fingerprint density at radius 2 is 1.73 bits per heavy atom. The molecule has 2 aromatic heterocycles. The fourth-order valence-electron chi connectivity index (χ4n) is 5.11. The van der Waals surface area contributed by atoms with Gasteiger partial charge in [-0.25, -0.2) is 9.97 Å². The SMILES string of the molecule is Cc1nc(C2CCN(Cc3c(-c4ccccc4)nn(C)c3C)CC2)nc2c1CCC(=O)N2C. The molecule has 0 N–H and O–H groups in total. The lowest BCUT2D eigenvalue weighted by molar-refractivity contribution is -0.118. The van der Waals surface area contributed by atoms with E-state index in [0.717, 1.165) is 67.5 Å². The Kier molecular flexibility index (Phi) is 5.74. The molecular formula is C26H32N6O. The van der Waals surface area contributed by atoms with E-state index in [2.05, 4.69) is 43.0 Å². The summed E-state index contributed by atoms with van der Waals surface area (Å²) in [6.45, 7) is 7.11. The molecule has 7 nitrogen and oxygen atoms in total. The van der Waals surface area contributed by atoms with Gasteiger partial charge in [0.1, 0.15) is 11.6 Å². The number of fused-ring (bicyclic) bond motifs is 1. The van der Waals surface area contributed by atoms with Crippen molar-refractivity contribution in [2.24, 2.45) is 7.05 Å². The van der Waals surface area contributed by atoms with Crippen molar-refractivity contribution in [3.63, 3.8) is 0 Å². The molecule has 1 fully saturated rings. The van der Waals surface area contributed by atoms with Gasteiger partial charge in [0.05, 0.1) is 5.69 Å². The Morgan fingerprint density at radius 3 is 2.45 bits per heavy atom. The van der Waals surface area contributed by atoms with Crippen LogP contribution in [0.5, 0.6) is 0 Å². The lowest BCUT2D eigenvalue weighted by Gasteiger charge is -2.32. The molecule has 0 unspecified atom stereocenters. The van der Waals surface area contributed by atoms with E-state index in [0.29, 0.717) is 12.3 Å². The highest BCUT2D eigenvalue weighted by atomic mass is 16.2. The van der Waals surface area contributed by atoms with Gasteiger partial charge in [0, 0.05) is 61.1 Å². The van der Waals surface area contributed by atoms with Crippen molar-refractivity contribution in [1.82, 2.24) is 24.6 Å². The Labute approximate surface area is 195 Å². The average molecular weight is 445 g/mol. The third kappa shape index (κ3) is 4.06. The lowest BCUT2D eigenvalue weighted by Crippen LogP contribution is -2.35. The van der Waals surface area contributed by atoms with Crippen LogP contribution < -0.4 is 4.90 Å². The quantitative estimate of drug-likeness (QED) is 0.613. The number of rotatable bonds is 4. The minimum atomic E-state index is 0.141. The van der Waals surface area contributed by atoms with Crippen LogP contribution in [0.3, 0.4) is 0 Å². The number of amides is 1. The molecule has 3 aromatic rings. The fraction of sp³-hybridized carbons (Fsp3) is 0.462. The van der Waals surface area contributed by atoms with E-state index < -0.39 is 0 Å². The number of anilines is 1. The molecule has 4 heterocycles. The number of hydrogen-bond acceptors (Lipinski definition) is 5. The van der Waals surface area contributed by atoms with Crippen LogP contribution in [0.25, 0.3) is 11.3 Å². The maximum Gasteiger partial charge on any atom is 0.228 e. The predicted molar refractivity (Wildman–Crippen MR) is 129 cm³/mol. The van der Waals surface area contributed by atoms with E-state index in [9.17, 15) is 4.79 Å². The van der Waals surface area contributed by atoms with Crippen molar-refractivity contribution < 1.29 is 4.79 Å². The van der Waals surface area contributed by atoms with Crippen LogP contribution in [-0.2, 0) is 24.8 Å². The van der Waals surface area contributed by atoms with E-state index in [1.807, 2.05) is 24.8 Å². The summed E-state index contributed by atoms with van der Waals surface area (Å²) in [4.78, 5) is 26.2. The van der Waals surface area contributed by atoms with Gasteiger partial charge in [-0.15, -0.1) is 0 Å². The van der Waals surface area contributed by atoms with Crippen LogP contribution >= 0.6 is 0 Å². The first-order chi connectivity index (χ1) is 15.9. The number of benzene rings is 1. The van der Waals surface area contributed by atoms with Crippen LogP contribution in [0, 0.1) is 13.8 Å². The molecule has 7 heteroatoms. The summed E-state index contributed by atoms with van der Waals surface area (Å²) in [6, 6.07) is 10.5. The minimum Gasteiger partial charge on any atom is -0.300 e. The molecule has 2 aliphatic heterocycles. The van der Waals surface area contributed by atoms with Gasteiger partial charge in [0.2, 0.25) is 5.91 Å².